The second kappa shape index (κ2) is 8.41. The van der Waals surface area contributed by atoms with Crippen molar-refractivity contribution in [3.8, 4) is 11.1 Å². The van der Waals surface area contributed by atoms with Gasteiger partial charge in [-0.25, -0.2) is 0 Å². The minimum Gasteiger partial charge on any atom is -0.396 e. The number of hydrogen-bond acceptors (Lipinski definition) is 3. The molecule has 4 heteroatoms. The van der Waals surface area contributed by atoms with Crippen LogP contribution in [0.1, 0.15) is 41.5 Å². The normalized spacial score (nSPS) is 14.6. The van der Waals surface area contributed by atoms with Crippen LogP contribution in [0.2, 0.25) is 0 Å². The Morgan fingerprint density at radius 2 is 1.93 bits per heavy atom. The molecule has 154 valence electrons. The Morgan fingerprint density at radius 1 is 1.00 bits per heavy atom. The first-order chi connectivity index (χ1) is 14.8. The first kappa shape index (κ1) is 19.0. The molecule has 1 aliphatic heterocycles. The number of fused-ring (bicyclic) bond motifs is 2. The van der Waals surface area contributed by atoms with Gasteiger partial charge in [0.1, 0.15) is 5.82 Å². The third-order valence-corrected chi connectivity index (χ3v) is 6.28. The van der Waals surface area contributed by atoms with Gasteiger partial charge in [-0.1, -0.05) is 30.3 Å². The van der Waals surface area contributed by atoms with E-state index in [2.05, 4.69) is 70.4 Å². The molecule has 4 nitrogen and oxygen atoms in total. The van der Waals surface area contributed by atoms with Crippen molar-refractivity contribution in [2.24, 2.45) is 0 Å². The van der Waals surface area contributed by atoms with Crippen molar-refractivity contribution in [1.29, 1.82) is 0 Å². The molecule has 30 heavy (non-hydrogen) atoms. The maximum absolute atomic E-state index is 8.95. The minimum atomic E-state index is 0.256. The second-order valence-electron chi connectivity index (χ2n) is 8.25. The summed E-state index contributed by atoms with van der Waals surface area (Å²) < 4.78 is 0. The molecular weight excluding hydrogens is 370 g/mol. The highest BCUT2D eigenvalue weighted by Crippen LogP contribution is 2.39. The van der Waals surface area contributed by atoms with Crippen molar-refractivity contribution >= 4 is 23.2 Å². The van der Waals surface area contributed by atoms with E-state index in [9.17, 15) is 0 Å². The van der Waals surface area contributed by atoms with Gasteiger partial charge in [-0.2, -0.15) is 0 Å². The molecule has 5 rings (SSSR count). The van der Waals surface area contributed by atoms with E-state index in [1.54, 1.807) is 0 Å². The van der Waals surface area contributed by atoms with Gasteiger partial charge in [0.15, 0.2) is 0 Å². The Hall–Kier alpha value is -2.98. The molecule has 2 aromatic carbocycles. The van der Waals surface area contributed by atoms with Crippen LogP contribution in [0.4, 0.5) is 11.5 Å². The predicted molar refractivity (Wildman–Crippen MR) is 126 cm³/mol. The predicted octanol–water partition coefficient (Wildman–Crippen LogP) is 5.32. The van der Waals surface area contributed by atoms with Crippen molar-refractivity contribution in [3.05, 3.63) is 70.9 Å². The first-order valence-corrected chi connectivity index (χ1v) is 11.1. The molecule has 0 atom stereocenters. The molecule has 1 aromatic heterocycles. The number of H-pyrrole nitrogens is 1. The summed E-state index contributed by atoms with van der Waals surface area (Å²) in [5.74, 6) is 1.11. The molecule has 3 aromatic rings. The number of unbranched alkanes of at least 4 members (excludes halogenated alkanes) is 1. The van der Waals surface area contributed by atoms with Gasteiger partial charge in [0, 0.05) is 42.7 Å². The summed E-state index contributed by atoms with van der Waals surface area (Å²) in [5, 5.41) is 16.0. The van der Waals surface area contributed by atoms with Crippen molar-refractivity contribution in [2.45, 2.75) is 32.1 Å². The number of rotatable bonds is 7. The Bertz CT molecular complexity index is 1080. The maximum atomic E-state index is 8.95. The third kappa shape index (κ3) is 3.63. The van der Waals surface area contributed by atoms with E-state index in [0.717, 1.165) is 37.4 Å². The fourth-order valence-electron chi connectivity index (χ4n) is 4.72. The molecule has 0 spiro atoms. The second-order valence-corrected chi connectivity index (χ2v) is 8.25. The van der Waals surface area contributed by atoms with Crippen molar-refractivity contribution in [3.63, 3.8) is 0 Å². The summed E-state index contributed by atoms with van der Waals surface area (Å²) in [4.78, 5) is 3.45. The van der Waals surface area contributed by atoms with Crippen LogP contribution in [0, 0.1) is 0 Å². The van der Waals surface area contributed by atoms with Crippen molar-refractivity contribution < 1.29 is 5.11 Å². The monoisotopic (exact) mass is 399 g/mol. The lowest BCUT2D eigenvalue weighted by Gasteiger charge is -2.18. The van der Waals surface area contributed by atoms with Gasteiger partial charge in [-0.05, 0) is 78.1 Å². The SMILES string of the molecule is OCCCCNc1cccc(C2=Cc3c(-c4cccc5c4CCC5)c[nH]c3NC2)c1. The highest BCUT2D eigenvalue weighted by atomic mass is 16.2. The van der Waals surface area contributed by atoms with E-state index in [0.29, 0.717) is 0 Å². The first-order valence-electron chi connectivity index (χ1n) is 11.1. The smallest absolute Gasteiger partial charge is 0.111 e. The maximum Gasteiger partial charge on any atom is 0.111 e. The van der Waals surface area contributed by atoms with E-state index in [1.807, 2.05) is 0 Å². The number of benzene rings is 2. The van der Waals surface area contributed by atoms with Crippen LogP contribution in [-0.2, 0) is 12.8 Å². The number of aromatic nitrogens is 1. The highest BCUT2D eigenvalue weighted by Gasteiger charge is 2.21. The van der Waals surface area contributed by atoms with Crippen molar-refractivity contribution in [1.82, 2.24) is 4.98 Å². The summed E-state index contributed by atoms with van der Waals surface area (Å²) in [6.07, 6.45) is 9.95. The van der Waals surface area contributed by atoms with Crippen molar-refractivity contribution in [2.75, 3.05) is 30.3 Å². The van der Waals surface area contributed by atoms with E-state index in [-0.39, 0.29) is 6.61 Å². The van der Waals surface area contributed by atoms with Gasteiger partial charge in [0.05, 0.1) is 0 Å². The molecule has 0 fully saturated rings. The number of aromatic amines is 1. The largest absolute Gasteiger partial charge is 0.396 e. The molecule has 2 aliphatic rings. The lowest BCUT2D eigenvalue weighted by molar-refractivity contribution is 0.286. The average molecular weight is 400 g/mol. The molecule has 0 radical (unpaired) electrons. The summed E-state index contributed by atoms with van der Waals surface area (Å²) in [5.41, 5.74) is 10.6. The van der Waals surface area contributed by atoms with Gasteiger partial charge in [-0.3, -0.25) is 0 Å². The summed E-state index contributed by atoms with van der Waals surface area (Å²) >= 11 is 0. The lowest BCUT2D eigenvalue weighted by Crippen LogP contribution is -2.10. The number of hydrogen-bond donors (Lipinski definition) is 4. The van der Waals surface area contributed by atoms with Crippen LogP contribution in [0.15, 0.2) is 48.7 Å². The zero-order valence-electron chi connectivity index (χ0n) is 17.3. The fraction of sp³-hybridized carbons (Fsp3) is 0.308. The third-order valence-electron chi connectivity index (χ3n) is 6.28. The molecule has 1 aliphatic carbocycles. The van der Waals surface area contributed by atoms with E-state index in [4.69, 9.17) is 5.11 Å². The Kier molecular flexibility index (Phi) is 5.33. The van der Waals surface area contributed by atoms with Gasteiger partial charge < -0.3 is 20.7 Å². The van der Waals surface area contributed by atoms with Gasteiger partial charge in [0.2, 0.25) is 0 Å². The Balaban J connectivity index is 1.44. The topological polar surface area (TPSA) is 60.1 Å². The van der Waals surface area contributed by atoms with Crippen LogP contribution in [0.25, 0.3) is 22.8 Å². The molecule has 0 bridgehead atoms. The fourth-order valence-corrected chi connectivity index (χ4v) is 4.72. The molecule has 0 unspecified atom stereocenters. The molecule has 0 amide bonds. The number of aryl methyl sites for hydroxylation is 1. The Morgan fingerprint density at radius 3 is 2.87 bits per heavy atom. The van der Waals surface area contributed by atoms with E-state index < -0.39 is 0 Å². The standard InChI is InChI=1S/C26H29N3O/c30-13-2-1-12-27-21-9-3-8-19(14-21)20-15-24-25(17-29-26(24)28-16-20)23-11-5-7-18-6-4-10-22(18)23/h3,5,7-9,11,14-15,17,27-30H,1-2,4,6,10,12-13,16H2. The highest BCUT2D eigenvalue weighted by molar-refractivity contribution is 5.96. The number of aliphatic hydroxyl groups is 1. The summed E-state index contributed by atoms with van der Waals surface area (Å²) in [6, 6.07) is 15.4. The molecule has 0 saturated carbocycles. The van der Waals surface area contributed by atoms with Crippen LogP contribution >= 0.6 is 0 Å². The zero-order valence-corrected chi connectivity index (χ0v) is 17.3. The number of aliphatic hydroxyl groups excluding tert-OH is 1. The van der Waals surface area contributed by atoms with Gasteiger partial charge in [-0.15, -0.1) is 0 Å². The van der Waals surface area contributed by atoms with E-state index >= 15 is 0 Å². The Labute approximate surface area is 178 Å². The number of nitrogens with one attached hydrogen (secondary N) is 3. The molecule has 2 heterocycles. The van der Waals surface area contributed by atoms with E-state index in [1.165, 1.54) is 58.2 Å². The minimum absolute atomic E-state index is 0.256. The molecular formula is C26H29N3O. The van der Waals surface area contributed by atoms with Gasteiger partial charge in [0.25, 0.3) is 0 Å². The number of anilines is 2. The lowest BCUT2D eigenvalue weighted by atomic mass is 9.93. The molecule has 4 N–H and O–H groups in total. The van der Waals surface area contributed by atoms with Crippen LogP contribution in [0.3, 0.4) is 0 Å². The molecule has 0 saturated heterocycles. The van der Waals surface area contributed by atoms with Gasteiger partial charge >= 0.3 is 0 Å². The van der Waals surface area contributed by atoms with Crippen LogP contribution in [0.5, 0.6) is 0 Å². The van der Waals surface area contributed by atoms with Crippen LogP contribution in [-0.4, -0.2) is 29.8 Å². The zero-order chi connectivity index (χ0) is 20.3. The summed E-state index contributed by atoms with van der Waals surface area (Å²) in [7, 11) is 0. The average Bonchev–Trinajstić information content (AvgIpc) is 3.43. The quantitative estimate of drug-likeness (QED) is 0.407. The van der Waals surface area contributed by atoms with Crippen LogP contribution < -0.4 is 10.6 Å². The summed E-state index contributed by atoms with van der Waals surface area (Å²) in [6.45, 7) is 1.95.